The topological polar surface area (TPSA) is 114 Å². The van der Waals surface area contributed by atoms with E-state index in [9.17, 15) is 18.0 Å². The van der Waals surface area contributed by atoms with Gasteiger partial charge in [0, 0.05) is 5.69 Å². The van der Waals surface area contributed by atoms with E-state index in [1.807, 2.05) is 0 Å². The van der Waals surface area contributed by atoms with Gasteiger partial charge in [-0.05, 0) is 37.3 Å². The number of sulfonamides is 1. The van der Waals surface area contributed by atoms with E-state index in [1.165, 1.54) is 12.1 Å². The molecule has 0 spiro atoms. The molecule has 10 heteroatoms. The molecule has 166 valence electrons. The SMILES string of the molecule is COC(=O)c1cc(NC=O)c(NS(=O)(=O)c2ccc(C)cc2)c(F)c1Nc1ccccc1. The van der Waals surface area contributed by atoms with Crippen LogP contribution in [0.4, 0.5) is 27.1 Å². The number of amides is 1. The van der Waals surface area contributed by atoms with E-state index >= 15 is 4.39 Å². The maximum Gasteiger partial charge on any atom is 0.340 e. The average Bonchev–Trinajstić information content (AvgIpc) is 2.78. The van der Waals surface area contributed by atoms with Crippen LogP contribution in [-0.2, 0) is 19.6 Å². The van der Waals surface area contributed by atoms with Crippen LogP contribution in [0, 0.1) is 12.7 Å². The van der Waals surface area contributed by atoms with Crippen molar-refractivity contribution in [3.8, 4) is 0 Å². The van der Waals surface area contributed by atoms with Gasteiger partial charge in [0.1, 0.15) is 5.69 Å². The number of nitrogens with one attached hydrogen (secondary N) is 3. The summed E-state index contributed by atoms with van der Waals surface area (Å²) in [6.45, 7) is 1.79. The van der Waals surface area contributed by atoms with E-state index in [4.69, 9.17) is 4.74 Å². The lowest BCUT2D eigenvalue weighted by Crippen LogP contribution is -2.18. The Kier molecular flexibility index (Phi) is 6.74. The smallest absolute Gasteiger partial charge is 0.340 e. The lowest BCUT2D eigenvalue weighted by molar-refractivity contribution is -0.105. The van der Waals surface area contributed by atoms with Crippen molar-refractivity contribution in [2.75, 3.05) is 22.5 Å². The van der Waals surface area contributed by atoms with Crippen molar-refractivity contribution in [2.24, 2.45) is 0 Å². The Morgan fingerprint density at radius 1 is 1.03 bits per heavy atom. The van der Waals surface area contributed by atoms with Crippen molar-refractivity contribution in [3.63, 3.8) is 0 Å². The van der Waals surface area contributed by atoms with Crippen LogP contribution < -0.4 is 15.4 Å². The highest BCUT2D eigenvalue weighted by Gasteiger charge is 2.26. The molecule has 0 radical (unpaired) electrons. The molecule has 3 rings (SSSR count). The number of ether oxygens (including phenoxy) is 1. The molecule has 1 amide bonds. The van der Waals surface area contributed by atoms with Crippen LogP contribution in [0.15, 0.2) is 65.6 Å². The third-order valence-corrected chi connectivity index (χ3v) is 5.86. The van der Waals surface area contributed by atoms with Gasteiger partial charge in [0.05, 0.1) is 28.9 Å². The highest BCUT2D eigenvalue weighted by Crippen LogP contribution is 2.37. The molecule has 3 aromatic rings. The fourth-order valence-electron chi connectivity index (χ4n) is 2.90. The molecule has 8 nitrogen and oxygen atoms in total. The second-order valence-electron chi connectivity index (χ2n) is 6.70. The minimum atomic E-state index is -4.21. The summed E-state index contributed by atoms with van der Waals surface area (Å²) in [5.74, 6) is -1.99. The monoisotopic (exact) mass is 457 g/mol. The summed E-state index contributed by atoms with van der Waals surface area (Å²) < 4.78 is 48.3. The first-order valence-corrected chi connectivity index (χ1v) is 10.8. The van der Waals surface area contributed by atoms with Gasteiger partial charge in [-0.1, -0.05) is 35.9 Å². The Balaban J connectivity index is 2.17. The number of aryl methyl sites for hydroxylation is 1. The van der Waals surface area contributed by atoms with E-state index in [1.54, 1.807) is 49.4 Å². The van der Waals surface area contributed by atoms with E-state index in [0.29, 0.717) is 5.69 Å². The Morgan fingerprint density at radius 2 is 1.69 bits per heavy atom. The van der Waals surface area contributed by atoms with E-state index in [-0.39, 0.29) is 28.2 Å². The standard InChI is InChI=1S/C22H20FN3O5S/c1-14-8-10-16(11-9-14)32(29,30)26-21-18(24-13-27)12-17(22(28)31-2)20(19(21)23)25-15-6-4-3-5-7-15/h3-13,25-26H,1-2H3,(H,24,27). The van der Waals surface area contributed by atoms with Gasteiger partial charge < -0.3 is 15.4 Å². The molecule has 3 aromatic carbocycles. The highest BCUT2D eigenvalue weighted by molar-refractivity contribution is 7.92. The summed E-state index contributed by atoms with van der Waals surface area (Å²) in [6.07, 6.45) is 0.240. The lowest BCUT2D eigenvalue weighted by Gasteiger charge is -2.19. The van der Waals surface area contributed by atoms with Gasteiger partial charge in [0.25, 0.3) is 10.0 Å². The number of carbonyl (C=O) groups is 2. The fourth-order valence-corrected chi connectivity index (χ4v) is 3.98. The zero-order valence-electron chi connectivity index (χ0n) is 17.2. The van der Waals surface area contributed by atoms with Gasteiger partial charge in [-0.3, -0.25) is 9.52 Å². The minimum absolute atomic E-state index is 0.103. The van der Waals surface area contributed by atoms with Crippen LogP contribution in [0.2, 0.25) is 0 Å². The molecule has 0 saturated carbocycles. The number of rotatable bonds is 8. The third kappa shape index (κ3) is 4.86. The van der Waals surface area contributed by atoms with Gasteiger partial charge in [-0.2, -0.15) is 0 Å². The van der Waals surface area contributed by atoms with Crippen molar-refractivity contribution in [3.05, 3.63) is 77.6 Å². The summed E-state index contributed by atoms with van der Waals surface area (Å²) >= 11 is 0. The van der Waals surface area contributed by atoms with Gasteiger partial charge in [0.15, 0.2) is 5.82 Å². The number of esters is 1. The molecule has 3 N–H and O–H groups in total. The predicted octanol–water partition coefficient (Wildman–Crippen LogP) is 4.03. The molecule has 0 aliphatic carbocycles. The van der Waals surface area contributed by atoms with E-state index in [0.717, 1.165) is 18.7 Å². The normalized spacial score (nSPS) is 10.8. The number of hydrogen-bond donors (Lipinski definition) is 3. The average molecular weight is 457 g/mol. The fraction of sp³-hybridized carbons (Fsp3) is 0.0909. The number of para-hydroxylation sites is 1. The number of halogens is 1. The van der Waals surface area contributed by atoms with Crippen LogP contribution in [0.5, 0.6) is 0 Å². The van der Waals surface area contributed by atoms with Crippen molar-refractivity contribution >= 4 is 45.2 Å². The number of methoxy groups -OCH3 is 1. The van der Waals surface area contributed by atoms with Crippen molar-refractivity contribution < 1.29 is 27.1 Å². The van der Waals surface area contributed by atoms with Crippen LogP contribution in [0.3, 0.4) is 0 Å². The lowest BCUT2D eigenvalue weighted by atomic mass is 10.1. The summed E-state index contributed by atoms with van der Waals surface area (Å²) in [5.41, 5.74) is -0.0660. The van der Waals surface area contributed by atoms with Crippen LogP contribution in [-0.4, -0.2) is 27.9 Å². The van der Waals surface area contributed by atoms with Gasteiger partial charge >= 0.3 is 5.97 Å². The van der Waals surface area contributed by atoms with Gasteiger partial charge in [-0.25, -0.2) is 17.6 Å². The summed E-state index contributed by atoms with van der Waals surface area (Å²) in [7, 11) is -3.09. The summed E-state index contributed by atoms with van der Waals surface area (Å²) in [5, 5.41) is 5.00. The Labute approximate surface area is 184 Å². The number of benzene rings is 3. The molecular formula is C22H20FN3O5S. The Bertz CT molecular complexity index is 1250. The zero-order chi connectivity index (χ0) is 23.3. The molecule has 0 aromatic heterocycles. The molecule has 0 aliphatic rings. The van der Waals surface area contributed by atoms with Crippen molar-refractivity contribution in [1.29, 1.82) is 0 Å². The minimum Gasteiger partial charge on any atom is -0.465 e. The number of carbonyl (C=O) groups excluding carboxylic acids is 2. The van der Waals surface area contributed by atoms with Crippen LogP contribution in [0.1, 0.15) is 15.9 Å². The maximum atomic E-state index is 15.7. The van der Waals surface area contributed by atoms with Crippen LogP contribution in [0.25, 0.3) is 0 Å². The van der Waals surface area contributed by atoms with Gasteiger partial charge in [-0.15, -0.1) is 0 Å². The predicted molar refractivity (Wildman–Crippen MR) is 119 cm³/mol. The number of hydrogen-bond acceptors (Lipinski definition) is 6. The molecule has 0 atom stereocenters. The maximum absolute atomic E-state index is 15.7. The first-order valence-electron chi connectivity index (χ1n) is 9.33. The first-order chi connectivity index (χ1) is 15.3. The second kappa shape index (κ2) is 9.48. The summed E-state index contributed by atoms with van der Waals surface area (Å²) in [6, 6.07) is 15.5. The van der Waals surface area contributed by atoms with Gasteiger partial charge in [0.2, 0.25) is 6.41 Å². The molecule has 0 unspecified atom stereocenters. The van der Waals surface area contributed by atoms with E-state index in [2.05, 4.69) is 15.4 Å². The molecule has 0 heterocycles. The Hall–Kier alpha value is -3.92. The molecule has 0 bridgehead atoms. The zero-order valence-corrected chi connectivity index (χ0v) is 18.0. The molecule has 0 aliphatic heterocycles. The summed E-state index contributed by atoms with van der Waals surface area (Å²) in [4.78, 5) is 23.3. The van der Waals surface area contributed by atoms with Crippen molar-refractivity contribution in [1.82, 2.24) is 0 Å². The molecule has 0 saturated heterocycles. The van der Waals surface area contributed by atoms with Crippen molar-refractivity contribution in [2.45, 2.75) is 11.8 Å². The van der Waals surface area contributed by atoms with Crippen LogP contribution >= 0.6 is 0 Å². The number of anilines is 4. The third-order valence-electron chi connectivity index (χ3n) is 4.50. The quantitative estimate of drug-likeness (QED) is 0.348. The molecule has 0 fully saturated rings. The largest absolute Gasteiger partial charge is 0.465 e. The second-order valence-corrected chi connectivity index (χ2v) is 8.38. The highest BCUT2D eigenvalue weighted by atomic mass is 32.2. The van der Waals surface area contributed by atoms with E-state index < -0.39 is 27.5 Å². The Morgan fingerprint density at radius 3 is 2.28 bits per heavy atom. The molecular weight excluding hydrogens is 437 g/mol. The molecule has 32 heavy (non-hydrogen) atoms. The first kappa shape index (κ1) is 22.8.